The molecular weight excluding hydrogens is 180 g/mol. The predicted molar refractivity (Wildman–Crippen MR) is 55.2 cm³/mol. The van der Waals surface area contributed by atoms with Crippen LogP contribution in [-0.4, -0.2) is 31.3 Å². The standard InChI is InChI=1S/C10H20N2O2/c1-9(2,3)12-8(13)11-5-10(4)6-14-7-10/h5-7H2,1-4H3,(H2,11,12,13). The van der Waals surface area contributed by atoms with Crippen LogP contribution < -0.4 is 10.6 Å². The molecule has 0 unspecified atom stereocenters. The van der Waals surface area contributed by atoms with Crippen LogP contribution in [0.3, 0.4) is 0 Å². The van der Waals surface area contributed by atoms with E-state index < -0.39 is 0 Å². The van der Waals surface area contributed by atoms with Crippen LogP contribution in [-0.2, 0) is 4.74 Å². The van der Waals surface area contributed by atoms with Gasteiger partial charge in [0.1, 0.15) is 0 Å². The van der Waals surface area contributed by atoms with Crippen molar-refractivity contribution >= 4 is 6.03 Å². The van der Waals surface area contributed by atoms with Crippen LogP contribution in [0, 0.1) is 5.41 Å². The summed E-state index contributed by atoms with van der Waals surface area (Å²) in [6, 6.07) is -0.106. The number of hydrogen-bond donors (Lipinski definition) is 2. The molecule has 4 heteroatoms. The van der Waals surface area contributed by atoms with Crippen LogP contribution in [0.4, 0.5) is 4.79 Å². The van der Waals surface area contributed by atoms with Crippen molar-refractivity contribution in [1.82, 2.24) is 10.6 Å². The summed E-state index contributed by atoms with van der Waals surface area (Å²) in [7, 11) is 0. The molecule has 1 saturated heterocycles. The fourth-order valence-corrected chi connectivity index (χ4v) is 1.23. The number of carbonyl (C=O) groups is 1. The van der Waals surface area contributed by atoms with Gasteiger partial charge in [-0.2, -0.15) is 0 Å². The monoisotopic (exact) mass is 200 g/mol. The van der Waals surface area contributed by atoms with Gasteiger partial charge < -0.3 is 15.4 Å². The van der Waals surface area contributed by atoms with Crippen molar-refractivity contribution < 1.29 is 9.53 Å². The molecule has 0 atom stereocenters. The second kappa shape index (κ2) is 3.77. The first kappa shape index (κ1) is 11.3. The van der Waals surface area contributed by atoms with Crippen molar-refractivity contribution in [2.24, 2.45) is 5.41 Å². The van der Waals surface area contributed by atoms with Gasteiger partial charge >= 0.3 is 6.03 Å². The van der Waals surface area contributed by atoms with E-state index in [9.17, 15) is 4.79 Å². The minimum absolute atomic E-state index is 0.106. The first-order valence-electron chi connectivity index (χ1n) is 4.95. The summed E-state index contributed by atoms with van der Waals surface area (Å²) in [4.78, 5) is 11.4. The molecule has 0 radical (unpaired) electrons. The van der Waals surface area contributed by atoms with Gasteiger partial charge in [0.25, 0.3) is 0 Å². The molecule has 0 bridgehead atoms. The van der Waals surface area contributed by atoms with E-state index in [0.29, 0.717) is 6.54 Å². The van der Waals surface area contributed by atoms with E-state index in [1.54, 1.807) is 0 Å². The van der Waals surface area contributed by atoms with Gasteiger partial charge in [-0.3, -0.25) is 0 Å². The molecule has 82 valence electrons. The van der Waals surface area contributed by atoms with Crippen molar-refractivity contribution in [3.05, 3.63) is 0 Å². The van der Waals surface area contributed by atoms with Crippen LogP contribution in [0.2, 0.25) is 0 Å². The van der Waals surface area contributed by atoms with E-state index >= 15 is 0 Å². The van der Waals surface area contributed by atoms with E-state index in [-0.39, 0.29) is 17.0 Å². The first-order chi connectivity index (χ1) is 6.31. The van der Waals surface area contributed by atoms with Crippen LogP contribution in [0.25, 0.3) is 0 Å². The lowest BCUT2D eigenvalue weighted by molar-refractivity contribution is -0.0976. The third-order valence-electron chi connectivity index (χ3n) is 2.07. The topological polar surface area (TPSA) is 50.4 Å². The highest BCUT2D eigenvalue weighted by Gasteiger charge is 2.33. The molecule has 0 aromatic rings. The third kappa shape index (κ3) is 3.54. The molecular formula is C10H20N2O2. The van der Waals surface area contributed by atoms with E-state index in [1.807, 2.05) is 20.8 Å². The first-order valence-corrected chi connectivity index (χ1v) is 4.95. The Morgan fingerprint density at radius 2 is 2.00 bits per heavy atom. The average molecular weight is 200 g/mol. The van der Waals surface area contributed by atoms with Gasteiger partial charge in [0.15, 0.2) is 0 Å². The molecule has 1 heterocycles. The molecule has 1 aliphatic heterocycles. The van der Waals surface area contributed by atoms with Crippen LogP contribution in [0.5, 0.6) is 0 Å². The van der Waals surface area contributed by atoms with Crippen LogP contribution in [0.15, 0.2) is 0 Å². The van der Waals surface area contributed by atoms with Crippen molar-refractivity contribution in [3.63, 3.8) is 0 Å². The maximum Gasteiger partial charge on any atom is 0.315 e. The Balaban J connectivity index is 2.21. The van der Waals surface area contributed by atoms with Crippen molar-refractivity contribution in [3.8, 4) is 0 Å². The minimum atomic E-state index is -0.179. The molecule has 4 nitrogen and oxygen atoms in total. The van der Waals surface area contributed by atoms with E-state index in [1.165, 1.54) is 0 Å². The summed E-state index contributed by atoms with van der Waals surface area (Å²) in [5.41, 5.74) is -0.0453. The minimum Gasteiger partial charge on any atom is -0.380 e. The Hall–Kier alpha value is -0.770. The summed E-state index contributed by atoms with van der Waals surface area (Å²) in [5, 5.41) is 5.70. The fraction of sp³-hybridized carbons (Fsp3) is 0.900. The number of ether oxygens (including phenoxy) is 1. The van der Waals surface area contributed by atoms with Crippen molar-refractivity contribution in [1.29, 1.82) is 0 Å². The maximum atomic E-state index is 11.4. The summed E-state index contributed by atoms with van der Waals surface area (Å²) in [5.74, 6) is 0. The number of nitrogens with one attached hydrogen (secondary N) is 2. The maximum absolute atomic E-state index is 11.4. The highest BCUT2D eigenvalue weighted by molar-refractivity contribution is 5.74. The molecule has 2 amide bonds. The number of carbonyl (C=O) groups excluding carboxylic acids is 1. The molecule has 0 aromatic heterocycles. The molecule has 1 aliphatic rings. The SMILES string of the molecule is CC1(CNC(=O)NC(C)(C)C)COC1. The quantitative estimate of drug-likeness (QED) is 0.702. The van der Waals surface area contributed by atoms with Crippen molar-refractivity contribution in [2.75, 3.05) is 19.8 Å². The second-order valence-electron chi connectivity index (χ2n) is 5.36. The lowest BCUT2D eigenvalue weighted by Crippen LogP contribution is -2.53. The van der Waals surface area contributed by atoms with Gasteiger partial charge in [0.05, 0.1) is 13.2 Å². The Labute approximate surface area is 85.4 Å². The zero-order valence-corrected chi connectivity index (χ0v) is 9.44. The Kier molecular flexibility index (Phi) is 3.04. The third-order valence-corrected chi connectivity index (χ3v) is 2.07. The fourth-order valence-electron chi connectivity index (χ4n) is 1.23. The van der Waals surface area contributed by atoms with Gasteiger partial charge in [-0.05, 0) is 20.8 Å². The van der Waals surface area contributed by atoms with Crippen molar-refractivity contribution in [2.45, 2.75) is 33.2 Å². The highest BCUT2D eigenvalue weighted by Crippen LogP contribution is 2.24. The van der Waals surface area contributed by atoms with Gasteiger partial charge in [0.2, 0.25) is 0 Å². The van der Waals surface area contributed by atoms with E-state index in [2.05, 4.69) is 17.6 Å². The number of hydrogen-bond acceptors (Lipinski definition) is 2. The summed E-state index contributed by atoms with van der Waals surface area (Å²) >= 11 is 0. The summed E-state index contributed by atoms with van der Waals surface area (Å²) in [6.45, 7) is 10.1. The highest BCUT2D eigenvalue weighted by atomic mass is 16.5. The molecule has 14 heavy (non-hydrogen) atoms. The zero-order chi connectivity index (χ0) is 10.8. The molecule has 0 saturated carbocycles. The van der Waals surface area contributed by atoms with E-state index in [4.69, 9.17) is 4.74 Å². The second-order valence-corrected chi connectivity index (χ2v) is 5.36. The molecule has 0 aliphatic carbocycles. The zero-order valence-electron chi connectivity index (χ0n) is 9.44. The largest absolute Gasteiger partial charge is 0.380 e. The van der Waals surface area contributed by atoms with Crippen LogP contribution in [0.1, 0.15) is 27.7 Å². The Morgan fingerprint density at radius 3 is 2.36 bits per heavy atom. The average Bonchev–Trinajstić information content (AvgIpc) is 1.94. The Bertz CT molecular complexity index is 217. The normalized spacial score (nSPS) is 19.7. The van der Waals surface area contributed by atoms with Gasteiger partial charge in [-0.15, -0.1) is 0 Å². The summed E-state index contributed by atoms with van der Waals surface area (Å²) in [6.07, 6.45) is 0. The smallest absolute Gasteiger partial charge is 0.315 e. The number of rotatable bonds is 2. The van der Waals surface area contributed by atoms with Crippen LogP contribution >= 0.6 is 0 Å². The molecule has 0 aromatic carbocycles. The van der Waals surface area contributed by atoms with Gasteiger partial charge in [-0.1, -0.05) is 6.92 Å². The lowest BCUT2D eigenvalue weighted by Gasteiger charge is -2.38. The van der Waals surface area contributed by atoms with E-state index in [0.717, 1.165) is 13.2 Å². The summed E-state index contributed by atoms with van der Waals surface area (Å²) < 4.78 is 5.10. The number of urea groups is 1. The predicted octanol–water partition coefficient (Wildman–Crippen LogP) is 1.12. The molecule has 2 N–H and O–H groups in total. The molecule has 1 rings (SSSR count). The lowest BCUT2D eigenvalue weighted by atomic mass is 9.89. The van der Waals surface area contributed by atoms with Gasteiger partial charge in [0, 0.05) is 17.5 Å². The number of amides is 2. The Morgan fingerprint density at radius 1 is 1.43 bits per heavy atom. The molecule has 1 fully saturated rings. The molecule has 0 spiro atoms. The van der Waals surface area contributed by atoms with Gasteiger partial charge in [-0.25, -0.2) is 4.79 Å².